The van der Waals surface area contributed by atoms with Gasteiger partial charge in [0.1, 0.15) is 0 Å². The van der Waals surface area contributed by atoms with E-state index in [4.69, 9.17) is 4.74 Å². The molecule has 0 heterocycles. The van der Waals surface area contributed by atoms with E-state index in [0.717, 1.165) is 42.6 Å². The fourth-order valence-corrected chi connectivity index (χ4v) is 4.25. The maximum Gasteiger partial charge on any atom is 0.0472 e. The molecule has 3 heteroatoms. The van der Waals surface area contributed by atoms with E-state index in [-0.39, 0.29) is 0 Å². The van der Waals surface area contributed by atoms with Gasteiger partial charge in [-0.15, -0.1) is 0 Å². The van der Waals surface area contributed by atoms with Crippen LogP contribution in [0.3, 0.4) is 0 Å². The fraction of sp³-hybridized carbons (Fsp3) is 1.00. The smallest absolute Gasteiger partial charge is 0.0472 e. The van der Waals surface area contributed by atoms with Crippen LogP contribution in [0, 0.1) is 17.3 Å². The van der Waals surface area contributed by atoms with Gasteiger partial charge in [-0.25, -0.2) is 0 Å². The number of halogens is 2. The first-order chi connectivity index (χ1) is 7.48. The SMILES string of the molecule is CC(C)CCOCCC(CBr)(CBr)C(C)C. The largest absolute Gasteiger partial charge is 0.381 e. The van der Waals surface area contributed by atoms with Crippen molar-refractivity contribution in [1.82, 2.24) is 0 Å². The average Bonchev–Trinajstić information content (AvgIpc) is 2.23. The van der Waals surface area contributed by atoms with E-state index in [2.05, 4.69) is 59.6 Å². The standard InChI is InChI=1S/C13H26Br2O/c1-11(2)5-7-16-8-6-13(9-14,10-15)12(3)4/h11-12H,5-10H2,1-4H3. The lowest BCUT2D eigenvalue weighted by Gasteiger charge is -2.34. The molecule has 0 rings (SSSR count). The van der Waals surface area contributed by atoms with Gasteiger partial charge in [0.05, 0.1) is 0 Å². The Labute approximate surface area is 118 Å². The molecule has 0 radical (unpaired) electrons. The van der Waals surface area contributed by atoms with E-state index in [1.807, 2.05) is 0 Å². The van der Waals surface area contributed by atoms with Crippen molar-refractivity contribution in [2.75, 3.05) is 23.9 Å². The Kier molecular flexibility index (Phi) is 9.44. The molecular weight excluding hydrogens is 332 g/mol. The summed E-state index contributed by atoms with van der Waals surface area (Å²) >= 11 is 7.28. The van der Waals surface area contributed by atoms with Gasteiger partial charge in [-0.3, -0.25) is 0 Å². The maximum atomic E-state index is 5.71. The highest BCUT2D eigenvalue weighted by Crippen LogP contribution is 2.35. The number of alkyl halides is 2. The summed E-state index contributed by atoms with van der Waals surface area (Å²) in [5.41, 5.74) is 0.331. The number of ether oxygens (including phenoxy) is 1. The Morgan fingerprint density at radius 1 is 1.00 bits per heavy atom. The summed E-state index contributed by atoms with van der Waals surface area (Å²) in [6.45, 7) is 10.8. The van der Waals surface area contributed by atoms with Gasteiger partial charge in [0, 0.05) is 23.9 Å². The predicted octanol–water partition coefficient (Wildman–Crippen LogP) is 4.87. The molecule has 1 nitrogen and oxygen atoms in total. The van der Waals surface area contributed by atoms with E-state index >= 15 is 0 Å². The molecule has 0 aliphatic rings. The molecule has 0 saturated heterocycles. The highest BCUT2D eigenvalue weighted by atomic mass is 79.9. The summed E-state index contributed by atoms with van der Waals surface area (Å²) in [5.74, 6) is 1.40. The van der Waals surface area contributed by atoms with Gasteiger partial charge in [-0.1, -0.05) is 59.6 Å². The zero-order valence-electron chi connectivity index (χ0n) is 11.1. The van der Waals surface area contributed by atoms with Crippen LogP contribution in [0.15, 0.2) is 0 Å². The Bertz CT molecular complexity index is 165. The second-order valence-corrected chi connectivity index (χ2v) is 6.45. The summed E-state index contributed by atoms with van der Waals surface area (Å²) in [6, 6.07) is 0. The van der Waals surface area contributed by atoms with Crippen molar-refractivity contribution >= 4 is 31.9 Å². The third-order valence-electron chi connectivity index (χ3n) is 3.34. The van der Waals surface area contributed by atoms with E-state index in [9.17, 15) is 0 Å². The molecule has 0 bridgehead atoms. The molecule has 0 aliphatic carbocycles. The van der Waals surface area contributed by atoms with Crippen molar-refractivity contribution in [2.45, 2.75) is 40.5 Å². The van der Waals surface area contributed by atoms with Crippen LogP contribution in [0.25, 0.3) is 0 Å². The summed E-state index contributed by atoms with van der Waals surface area (Å²) in [7, 11) is 0. The number of rotatable bonds is 9. The lowest BCUT2D eigenvalue weighted by Crippen LogP contribution is -2.32. The highest BCUT2D eigenvalue weighted by molar-refractivity contribution is 9.09. The summed E-state index contributed by atoms with van der Waals surface area (Å²) < 4.78 is 5.71. The van der Waals surface area contributed by atoms with Crippen LogP contribution in [0.1, 0.15) is 40.5 Å². The highest BCUT2D eigenvalue weighted by Gasteiger charge is 2.31. The summed E-state index contributed by atoms with van der Waals surface area (Å²) in [4.78, 5) is 0. The number of hydrogen-bond acceptors (Lipinski definition) is 1. The normalized spacial score (nSPS) is 12.8. The molecule has 0 atom stereocenters. The first kappa shape index (κ1) is 16.9. The Morgan fingerprint density at radius 3 is 1.94 bits per heavy atom. The van der Waals surface area contributed by atoms with Crippen molar-refractivity contribution in [1.29, 1.82) is 0 Å². The zero-order chi connectivity index (χ0) is 12.6. The third-order valence-corrected chi connectivity index (χ3v) is 5.57. The number of hydrogen-bond donors (Lipinski definition) is 0. The van der Waals surface area contributed by atoms with Crippen LogP contribution in [0.4, 0.5) is 0 Å². The summed E-state index contributed by atoms with van der Waals surface area (Å²) in [5, 5.41) is 2.08. The second-order valence-electron chi connectivity index (χ2n) is 5.33. The molecule has 0 spiro atoms. The van der Waals surface area contributed by atoms with Crippen LogP contribution in [-0.2, 0) is 4.74 Å². The van der Waals surface area contributed by atoms with Gasteiger partial charge in [0.15, 0.2) is 0 Å². The molecule has 0 N–H and O–H groups in total. The molecule has 0 aromatic carbocycles. The third kappa shape index (κ3) is 6.02. The molecule has 0 aromatic rings. The molecule has 0 saturated carbocycles. The molecule has 16 heavy (non-hydrogen) atoms. The molecule has 98 valence electrons. The van der Waals surface area contributed by atoms with Crippen LogP contribution in [0.5, 0.6) is 0 Å². The van der Waals surface area contributed by atoms with Crippen LogP contribution < -0.4 is 0 Å². The molecular formula is C13H26Br2O. The second kappa shape index (κ2) is 8.93. The van der Waals surface area contributed by atoms with Crippen molar-refractivity contribution in [3.8, 4) is 0 Å². The van der Waals surface area contributed by atoms with E-state index in [0.29, 0.717) is 11.3 Å². The van der Waals surface area contributed by atoms with Crippen LogP contribution in [-0.4, -0.2) is 23.9 Å². The first-order valence-electron chi connectivity index (χ1n) is 6.18. The molecule has 0 amide bonds. The monoisotopic (exact) mass is 356 g/mol. The van der Waals surface area contributed by atoms with Gasteiger partial charge in [-0.2, -0.15) is 0 Å². The van der Waals surface area contributed by atoms with E-state index in [1.54, 1.807) is 0 Å². The van der Waals surface area contributed by atoms with E-state index in [1.165, 1.54) is 0 Å². The molecule has 0 fully saturated rings. The molecule has 0 aromatic heterocycles. The molecule has 0 aliphatic heterocycles. The van der Waals surface area contributed by atoms with Crippen molar-refractivity contribution in [2.24, 2.45) is 17.3 Å². The van der Waals surface area contributed by atoms with Gasteiger partial charge >= 0.3 is 0 Å². The molecule has 0 unspecified atom stereocenters. The minimum Gasteiger partial charge on any atom is -0.381 e. The fourth-order valence-electron chi connectivity index (χ4n) is 1.46. The van der Waals surface area contributed by atoms with Crippen LogP contribution in [0.2, 0.25) is 0 Å². The zero-order valence-corrected chi connectivity index (χ0v) is 14.2. The lowest BCUT2D eigenvalue weighted by atomic mass is 9.78. The topological polar surface area (TPSA) is 9.23 Å². The van der Waals surface area contributed by atoms with Crippen molar-refractivity contribution in [3.63, 3.8) is 0 Å². The lowest BCUT2D eigenvalue weighted by molar-refractivity contribution is 0.0858. The van der Waals surface area contributed by atoms with Crippen molar-refractivity contribution < 1.29 is 4.74 Å². The first-order valence-corrected chi connectivity index (χ1v) is 8.42. The maximum absolute atomic E-state index is 5.71. The minimum atomic E-state index is 0.331. The average molecular weight is 358 g/mol. The Morgan fingerprint density at radius 2 is 1.56 bits per heavy atom. The Balaban J connectivity index is 3.86. The van der Waals surface area contributed by atoms with Gasteiger partial charge in [0.2, 0.25) is 0 Å². The summed E-state index contributed by atoms with van der Waals surface area (Å²) in [6.07, 6.45) is 2.29. The van der Waals surface area contributed by atoms with Gasteiger partial charge in [-0.05, 0) is 30.1 Å². The van der Waals surface area contributed by atoms with Crippen molar-refractivity contribution in [3.05, 3.63) is 0 Å². The minimum absolute atomic E-state index is 0.331. The van der Waals surface area contributed by atoms with E-state index < -0.39 is 0 Å². The van der Waals surface area contributed by atoms with Gasteiger partial charge in [0.25, 0.3) is 0 Å². The Hall–Kier alpha value is 0.920. The predicted molar refractivity (Wildman–Crippen MR) is 79.8 cm³/mol. The van der Waals surface area contributed by atoms with Gasteiger partial charge < -0.3 is 4.74 Å². The van der Waals surface area contributed by atoms with Crippen LogP contribution >= 0.6 is 31.9 Å². The quantitative estimate of drug-likeness (QED) is 0.422.